The van der Waals surface area contributed by atoms with E-state index in [1.165, 1.54) is 11.3 Å². The molecule has 3 aromatic carbocycles. The monoisotopic (exact) mass is 370 g/mol. The molecule has 2 heterocycles. The van der Waals surface area contributed by atoms with Gasteiger partial charge in [0.25, 0.3) is 5.91 Å². The number of hydrogen-bond acceptors (Lipinski definition) is 4. The molecule has 0 aliphatic heterocycles. The molecule has 0 saturated heterocycles. The number of thiazole rings is 1. The summed E-state index contributed by atoms with van der Waals surface area (Å²) < 4.78 is 5.85. The van der Waals surface area contributed by atoms with E-state index in [0.717, 1.165) is 21.7 Å². The van der Waals surface area contributed by atoms with Crippen molar-refractivity contribution in [2.75, 3.05) is 5.32 Å². The second-order valence-electron chi connectivity index (χ2n) is 6.17. The van der Waals surface area contributed by atoms with Crippen molar-refractivity contribution >= 4 is 44.1 Å². The van der Waals surface area contributed by atoms with Crippen LogP contribution >= 0.6 is 11.3 Å². The molecule has 130 valence electrons. The largest absolute Gasteiger partial charge is 0.454 e. The van der Waals surface area contributed by atoms with Crippen molar-refractivity contribution in [1.82, 2.24) is 4.98 Å². The molecular weight excluding hydrogens is 356 g/mol. The van der Waals surface area contributed by atoms with Gasteiger partial charge in [-0.2, -0.15) is 0 Å². The zero-order valence-corrected chi connectivity index (χ0v) is 15.0. The Kier molecular flexibility index (Phi) is 3.73. The molecule has 1 N–H and O–H groups in total. The first-order chi connectivity index (χ1) is 13.3. The maximum Gasteiger partial charge on any atom is 0.258 e. The van der Waals surface area contributed by atoms with Gasteiger partial charge in [0.05, 0.1) is 0 Å². The fourth-order valence-corrected chi connectivity index (χ4v) is 3.84. The van der Waals surface area contributed by atoms with Crippen LogP contribution in [0, 0.1) is 0 Å². The van der Waals surface area contributed by atoms with Crippen molar-refractivity contribution < 1.29 is 9.21 Å². The Hall–Kier alpha value is -3.44. The van der Waals surface area contributed by atoms with Crippen LogP contribution in [-0.4, -0.2) is 10.9 Å². The van der Waals surface area contributed by atoms with Gasteiger partial charge < -0.3 is 4.42 Å². The standard InChI is InChI=1S/C22H14N2O2S/c25-21(17-10-5-8-14-6-1-3-9-16(14)17)24-22-23-18(13-27-22)20-12-15-7-2-4-11-19(15)26-20/h1-13H,(H,23,24,25). The van der Waals surface area contributed by atoms with E-state index in [-0.39, 0.29) is 5.91 Å². The molecule has 0 aliphatic carbocycles. The molecule has 5 aromatic rings. The highest BCUT2D eigenvalue weighted by molar-refractivity contribution is 7.14. The van der Waals surface area contributed by atoms with E-state index >= 15 is 0 Å². The molecule has 0 fully saturated rings. The van der Waals surface area contributed by atoms with Crippen LogP contribution in [0.2, 0.25) is 0 Å². The first-order valence-electron chi connectivity index (χ1n) is 8.51. The third-order valence-corrected chi connectivity index (χ3v) is 5.19. The summed E-state index contributed by atoms with van der Waals surface area (Å²) in [7, 11) is 0. The van der Waals surface area contributed by atoms with Crippen molar-refractivity contribution in [1.29, 1.82) is 0 Å². The Morgan fingerprint density at radius 2 is 1.70 bits per heavy atom. The van der Waals surface area contributed by atoms with E-state index in [2.05, 4.69) is 10.3 Å². The Bertz CT molecular complexity index is 1250. The second-order valence-corrected chi connectivity index (χ2v) is 7.03. The summed E-state index contributed by atoms with van der Waals surface area (Å²) in [5, 5.41) is 8.32. The predicted molar refractivity (Wildman–Crippen MR) is 109 cm³/mol. The van der Waals surface area contributed by atoms with Crippen LogP contribution in [0.1, 0.15) is 10.4 Å². The summed E-state index contributed by atoms with van der Waals surface area (Å²) in [5.74, 6) is 0.524. The summed E-state index contributed by atoms with van der Waals surface area (Å²) in [5.41, 5.74) is 2.17. The summed E-state index contributed by atoms with van der Waals surface area (Å²) in [6.07, 6.45) is 0. The predicted octanol–water partition coefficient (Wildman–Crippen LogP) is 5.96. The van der Waals surface area contributed by atoms with E-state index in [1.54, 1.807) is 0 Å². The van der Waals surface area contributed by atoms with Crippen LogP contribution in [0.25, 0.3) is 33.2 Å². The summed E-state index contributed by atoms with van der Waals surface area (Å²) in [4.78, 5) is 17.3. The minimum absolute atomic E-state index is 0.169. The molecule has 0 radical (unpaired) electrons. The van der Waals surface area contributed by atoms with Gasteiger partial charge in [0, 0.05) is 16.3 Å². The molecule has 0 atom stereocenters. The molecule has 0 aliphatic rings. The number of carbonyl (C=O) groups is 1. The van der Waals surface area contributed by atoms with E-state index in [9.17, 15) is 4.79 Å². The van der Waals surface area contributed by atoms with Crippen molar-refractivity contribution in [3.05, 3.63) is 83.7 Å². The zero-order chi connectivity index (χ0) is 18.2. The third kappa shape index (κ3) is 2.88. The molecule has 0 spiro atoms. The highest BCUT2D eigenvalue weighted by atomic mass is 32.1. The SMILES string of the molecule is O=C(Nc1nc(-c2cc3ccccc3o2)cs1)c1cccc2ccccc12. The number of rotatable bonds is 3. The molecule has 0 saturated carbocycles. The fourth-order valence-electron chi connectivity index (χ4n) is 3.14. The number of anilines is 1. The number of furan rings is 1. The lowest BCUT2D eigenvalue weighted by atomic mass is 10.0. The highest BCUT2D eigenvalue weighted by Gasteiger charge is 2.14. The number of nitrogens with zero attached hydrogens (tertiary/aromatic N) is 1. The van der Waals surface area contributed by atoms with Gasteiger partial charge in [-0.1, -0.05) is 54.6 Å². The van der Waals surface area contributed by atoms with Crippen molar-refractivity contribution in [3.8, 4) is 11.5 Å². The Morgan fingerprint density at radius 3 is 2.59 bits per heavy atom. The lowest BCUT2D eigenvalue weighted by Gasteiger charge is -2.05. The van der Waals surface area contributed by atoms with Gasteiger partial charge in [0.1, 0.15) is 11.3 Å². The minimum Gasteiger partial charge on any atom is -0.454 e. The third-order valence-electron chi connectivity index (χ3n) is 4.44. The summed E-state index contributed by atoms with van der Waals surface area (Å²) in [6, 6.07) is 23.3. The van der Waals surface area contributed by atoms with Gasteiger partial charge in [0.15, 0.2) is 10.9 Å². The fraction of sp³-hybridized carbons (Fsp3) is 0. The molecule has 1 amide bonds. The first kappa shape index (κ1) is 15.8. The average molecular weight is 370 g/mol. The van der Waals surface area contributed by atoms with Gasteiger partial charge in [-0.15, -0.1) is 11.3 Å². The smallest absolute Gasteiger partial charge is 0.258 e. The molecule has 4 nitrogen and oxygen atoms in total. The van der Waals surface area contributed by atoms with Crippen LogP contribution in [0.15, 0.2) is 82.6 Å². The molecule has 5 heteroatoms. The van der Waals surface area contributed by atoms with E-state index in [1.807, 2.05) is 78.2 Å². The van der Waals surface area contributed by atoms with Crippen LogP contribution in [0.3, 0.4) is 0 Å². The van der Waals surface area contributed by atoms with Crippen LogP contribution in [-0.2, 0) is 0 Å². The molecule has 0 unspecified atom stereocenters. The normalized spacial score (nSPS) is 11.1. The van der Waals surface area contributed by atoms with Gasteiger partial charge in [-0.25, -0.2) is 4.98 Å². The number of aromatic nitrogens is 1. The number of benzene rings is 3. The summed E-state index contributed by atoms with van der Waals surface area (Å²) >= 11 is 1.38. The lowest BCUT2D eigenvalue weighted by molar-refractivity contribution is 0.102. The van der Waals surface area contributed by atoms with E-state index in [0.29, 0.717) is 22.1 Å². The minimum atomic E-state index is -0.169. The van der Waals surface area contributed by atoms with Crippen molar-refractivity contribution in [3.63, 3.8) is 0 Å². The maximum atomic E-state index is 12.7. The van der Waals surface area contributed by atoms with Crippen molar-refractivity contribution in [2.24, 2.45) is 0 Å². The maximum absolute atomic E-state index is 12.7. The van der Waals surface area contributed by atoms with Gasteiger partial charge in [0.2, 0.25) is 0 Å². The molecule has 2 aromatic heterocycles. The second kappa shape index (κ2) is 6.37. The number of nitrogens with one attached hydrogen (secondary N) is 1. The van der Waals surface area contributed by atoms with Gasteiger partial charge in [-0.3, -0.25) is 10.1 Å². The number of amides is 1. The van der Waals surface area contributed by atoms with Crippen molar-refractivity contribution in [2.45, 2.75) is 0 Å². The number of hydrogen-bond donors (Lipinski definition) is 1. The Labute approximate surface area is 159 Å². The molecule has 0 bridgehead atoms. The van der Waals surface area contributed by atoms with Crippen LogP contribution < -0.4 is 5.32 Å². The quantitative estimate of drug-likeness (QED) is 0.426. The lowest BCUT2D eigenvalue weighted by Crippen LogP contribution is -2.12. The number of para-hydroxylation sites is 1. The topological polar surface area (TPSA) is 55.1 Å². The molecule has 5 rings (SSSR count). The molecular formula is C22H14N2O2S. The molecule has 27 heavy (non-hydrogen) atoms. The zero-order valence-electron chi connectivity index (χ0n) is 14.2. The number of carbonyl (C=O) groups excluding carboxylic acids is 1. The van der Waals surface area contributed by atoms with Gasteiger partial charge >= 0.3 is 0 Å². The van der Waals surface area contributed by atoms with E-state index < -0.39 is 0 Å². The van der Waals surface area contributed by atoms with E-state index in [4.69, 9.17) is 4.42 Å². The first-order valence-corrected chi connectivity index (χ1v) is 9.39. The summed E-state index contributed by atoms with van der Waals surface area (Å²) in [6.45, 7) is 0. The Morgan fingerprint density at radius 1 is 0.926 bits per heavy atom. The van der Waals surface area contributed by atoms with Crippen LogP contribution in [0.4, 0.5) is 5.13 Å². The van der Waals surface area contributed by atoms with Crippen LogP contribution in [0.5, 0.6) is 0 Å². The highest BCUT2D eigenvalue weighted by Crippen LogP contribution is 2.30. The number of fused-ring (bicyclic) bond motifs is 2. The van der Waals surface area contributed by atoms with Gasteiger partial charge in [-0.05, 0) is 29.0 Å². The Balaban J connectivity index is 1.44. The average Bonchev–Trinajstić information content (AvgIpc) is 3.34.